The van der Waals surface area contributed by atoms with Crippen LogP contribution in [0.1, 0.15) is 39.1 Å². The Labute approximate surface area is 251 Å². The molecule has 18 nitrogen and oxygen atoms in total. The Morgan fingerprint density at radius 1 is 1.14 bits per heavy atom. The van der Waals surface area contributed by atoms with E-state index in [2.05, 4.69) is 25.3 Å². The number of hydrogen-bond acceptors (Lipinski definition) is 16. The number of aryl methyl sites for hydroxylation is 1. The zero-order valence-electron chi connectivity index (χ0n) is 24.5. The first-order valence-corrected chi connectivity index (χ1v) is 14.2. The number of hydrogen-bond donors (Lipinski definition) is 3. The molecule has 2 aliphatic rings. The van der Waals surface area contributed by atoms with Crippen LogP contribution in [0.3, 0.4) is 0 Å². The number of nitrogen functional groups attached to an aromatic ring is 1. The summed E-state index contributed by atoms with van der Waals surface area (Å²) in [5.74, 6) is -2.36. The second-order valence-electron chi connectivity index (χ2n) is 10.6. The van der Waals surface area contributed by atoms with Gasteiger partial charge < -0.3 is 44.4 Å². The summed E-state index contributed by atoms with van der Waals surface area (Å²) >= 11 is 0. The average molecular weight is 621 g/mol. The molecule has 7 atom stereocenters. The van der Waals surface area contributed by atoms with E-state index in [9.17, 15) is 14.7 Å². The molecule has 2 saturated heterocycles. The first-order chi connectivity index (χ1) is 21.1. The fourth-order valence-corrected chi connectivity index (χ4v) is 4.94. The molecule has 4 unspecified atom stereocenters. The number of nitrogens with two attached hydrogens (primary N) is 1. The molecule has 0 aliphatic carbocycles. The van der Waals surface area contributed by atoms with Gasteiger partial charge in [0.15, 0.2) is 29.6 Å². The van der Waals surface area contributed by atoms with Crippen LogP contribution in [0, 0.1) is 0 Å². The van der Waals surface area contributed by atoms with Gasteiger partial charge in [0.2, 0.25) is 0 Å². The molecule has 3 aromatic rings. The fraction of sp³-hybridized carbons (Fsp3) is 0.654. The normalized spacial score (nSPS) is 26.0. The van der Waals surface area contributed by atoms with E-state index in [1.807, 2.05) is 6.92 Å². The molecule has 0 saturated carbocycles. The Kier molecular flexibility index (Phi) is 9.66. The van der Waals surface area contributed by atoms with E-state index in [4.69, 9.17) is 39.3 Å². The van der Waals surface area contributed by atoms with Crippen LogP contribution in [0.15, 0.2) is 18.9 Å². The number of fused-ring (bicyclic) bond motifs is 2. The molecule has 0 spiro atoms. The minimum atomic E-state index is -1.33. The Morgan fingerprint density at radius 2 is 1.93 bits per heavy atom. The maximum Gasteiger partial charge on any atom is 0.347 e. The van der Waals surface area contributed by atoms with Crippen molar-refractivity contribution in [2.75, 3.05) is 32.2 Å². The molecule has 0 amide bonds. The lowest BCUT2D eigenvalue weighted by atomic mass is 10.1. The molecule has 0 radical (unpaired) electrons. The van der Waals surface area contributed by atoms with Crippen molar-refractivity contribution < 1.29 is 48.2 Å². The van der Waals surface area contributed by atoms with Crippen LogP contribution in [-0.2, 0) is 51.0 Å². The zero-order chi connectivity index (χ0) is 31.4. The van der Waals surface area contributed by atoms with Crippen molar-refractivity contribution in [3.8, 4) is 0 Å². The number of carbonyl (C=O) groups is 2. The van der Waals surface area contributed by atoms with Crippen molar-refractivity contribution >= 4 is 28.9 Å². The molecule has 5 rings (SSSR count). The second kappa shape index (κ2) is 13.4. The molecule has 0 aromatic carbocycles. The van der Waals surface area contributed by atoms with Gasteiger partial charge in [-0.2, -0.15) is 0 Å². The SMILES string of the molecule is CC(O)C(=O)OC(C)C(=O)OCCOCCn1cc(CCC2(C)OC3[C@@H](CO)O[C@@H](n4cnc5c(N)ncnc54)[C@H]3O2)nn1. The number of anilines is 1. The summed E-state index contributed by atoms with van der Waals surface area (Å²) in [7, 11) is 0. The third-order valence-corrected chi connectivity index (χ3v) is 7.22. The maximum absolute atomic E-state index is 11.8. The lowest BCUT2D eigenvalue weighted by molar-refractivity contribution is -0.212. The largest absolute Gasteiger partial charge is 0.461 e. The van der Waals surface area contributed by atoms with E-state index in [0.29, 0.717) is 37.2 Å². The maximum atomic E-state index is 11.8. The standard InChI is InChI=1S/C26H36N8O10/c1-14(36)24(37)41-15(2)25(38)40-9-8-39-7-6-33-10-16(31-32-33)4-5-26(3)43-19-17(11-35)42-23(20(19)44-26)34-13-30-18-21(27)28-12-29-22(18)34/h10,12-15,17,19-20,23,35-36H,4-9,11H2,1-3H3,(H2,27,28,29)/t14?,15?,17-,19?,20+,23-,26?/m1/s1. The molecular formula is C26H36N8O10. The van der Waals surface area contributed by atoms with Gasteiger partial charge in [0.1, 0.15) is 42.9 Å². The molecular weight excluding hydrogens is 584 g/mol. The number of ether oxygens (including phenoxy) is 6. The number of imidazole rings is 1. The highest BCUT2D eigenvalue weighted by Crippen LogP contribution is 2.45. The van der Waals surface area contributed by atoms with Crippen LogP contribution in [0.25, 0.3) is 11.2 Å². The van der Waals surface area contributed by atoms with Crippen LogP contribution < -0.4 is 5.73 Å². The van der Waals surface area contributed by atoms with Crippen molar-refractivity contribution in [3.05, 3.63) is 24.5 Å². The van der Waals surface area contributed by atoms with Crippen LogP contribution in [0.4, 0.5) is 5.82 Å². The minimum absolute atomic E-state index is 0.0273. The van der Waals surface area contributed by atoms with E-state index < -0.39 is 54.5 Å². The van der Waals surface area contributed by atoms with E-state index in [-0.39, 0.29) is 25.6 Å². The molecule has 4 N–H and O–H groups in total. The molecule has 5 heterocycles. The lowest BCUT2D eigenvalue weighted by Gasteiger charge is -2.27. The van der Waals surface area contributed by atoms with Gasteiger partial charge in [-0.3, -0.25) is 4.57 Å². The van der Waals surface area contributed by atoms with Gasteiger partial charge in [0, 0.05) is 12.6 Å². The molecule has 0 bridgehead atoms. The number of nitrogens with zero attached hydrogens (tertiary/aromatic N) is 7. The Bertz CT molecular complexity index is 1450. The quantitative estimate of drug-likeness (QED) is 0.143. The van der Waals surface area contributed by atoms with Gasteiger partial charge in [-0.1, -0.05) is 5.21 Å². The van der Waals surface area contributed by atoms with Crippen molar-refractivity contribution in [1.82, 2.24) is 34.5 Å². The minimum Gasteiger partial charge on any atom is -0.461 e. The molecule has 44 heavy (non-hydrogen) atoms. The van der Waals surface area contributed by atoms with Crippen LogP contribution in [0.2, 0.25) is 0 Å². The highest BCUT2D eigenvalue weighted by Gasteiger charge is 2.57. The van der Waals surface area contributed by atoms with Gasteiger partial charge in [-0.15, -0.1) is 5.10 Å². The third-order valence-electron chi connectivity index (χ3n) is 7.22. The number of aliphatic hydroxyl groups excluding tert-OH is 2. The average Bonchev–Trinajstić information content (AvgIpc) is 3.77. The monoisotopic (exact) mass is 620 g/mol. The predicted molar refractivity (Wildman–Crippen MR) is 146 cm³/mol. The van der Waals surface area contributed by atoms with Crippen LogP contribution in [0.5, 0.6) is 0 Å². The number of aliphatic hydroxyl groups is 2. The fourth-order valence-electron chi connectivity index (χ4n) is 4.94. The van der Waals surface area contributed by atoms with Gasteiger partial charge in [-0.25, -0.2) is 29.2 Å². The highest BCUT2D eigenvalue weighted by molar-refractivity contribution is 5.81. The summed E-state index contributed by atoms with van der Waals surface area (Å²) < 4.78 is 37.3. The zero-order valence-corrected chi connectivity index (χ0v) is 24.5. The number of esters is 2. The van der Waals surface area contributed by atoms with Crippen LogP contribution in [-0.4, -0.2) is 119 Å². The van der Waals surface area contributed by atoms with E-state index in [1.54, 1.807) is 21.8 Å². The highest BCUT2D eigenvalue weighted by atomic mass is 16.8. The molecule has 3 aromatic heterocycles. The molecule has 18 heteroatoms. The van der Waals surface area contributed by atoms with E-state index in [0.717, 1.165) is 5.69 Å². The van der Waals surface area contributed by atoms with Gasteiger partial charge in [-0.05, 0) is 27.2 Å². The summed E-state index contributed by atoms with van der Waals surface area (Å²) in [5, 5.41) is 27.5. The Morgan fingerprint density at radius 3 is 2.70 bits per heavy atom. The van der Waals surface area contributed by atoms with Gasteiger partial charge >= 0.3 is 11.9 Å². The molecule has 2 fully saturated rings. The summed E-state index contributed by atoms with van der Waals surface area (Å²) in [4.78, 5) is 35.8. The number of carbonyl (C=O) groups excluding carboxylic acids is 2. The summed E-state index contributed by atoms with van der Waals surface area (Å²) in [6.45, 7) is 5.01. The summed E-state index contributed by atoms with van der Waals surface area (Å²) in [6.07, 6.45) is 0.939. The van der Waals surface area contributed by atoms with E-state index >= 15 is 0 Å². The number of rotatable bonds is 14. The number of aromatic nitrogens is 7. The summed E-state index contributed by atoms with van der Waals surface area (Å²) in [6, 6.07) is 0. The topological polar surface area (TPSA) is 230 Å². The van der Waals surface area contributed by atoms with Crippen molar-refractivity contribution in [3.63, 3.8) is 0 Å². The van der Waals surface area contributed by atoms with Crippen molar-refractivity contribution in [2.45, 2.75) is 82.7 Å². The third kappa shape index (κ3) is 6.95. The van der Waals surface area contributed by atoms with E-state index in [1.165, 1.54) is 20.2 Å². The second-order valence-corrected chi connectivity index (χ2v) is 10.6. The van der Waals surface area contributed by atoms with Gasteiger partial charge in [0.05, 0.1) is 38.4 Å². The smallest absolute Gasteiger partial charge is 0.347 e. The Balaban J connectivity index is 1.06. The van der Waals surface area contributed by atoms with Gasteiger partial charge in [0.25, 0.3) is 0 Å². The van der Waals surface area contributed by atoms with Crippen molar-refractivity contribution in [2.24, 2.45) is 0 Å². The van der Waals surface area contributed by atoms with Crippen molar-refractivity contribution in [1.29, 1.82) is 0 Å². The summed E-state index contributed by atoms with van der Waals surface area (Å²) in [5.41, 5.74) is 7.60. The lowest BCUT2D eigenvalue weighted by Crippen LogP contribution is -2.33. The predicted octanol–water partition coefficient (Wildman–Crippen LogP) is -1.10. The van der Waals surface area contributed by atoms with Crippen LogP contribution >= 0.6 is 0 Å². The molecule has 240 valence electrons. The first-order valence-electron chi connectivity index (χ1n) is 14.2. The molecule has 2 aliphatic heterocycles. The first kappa shape index (κ1) is 31.6. The Hall–Kier alpha value is -3.81.